The molecule has 1 saturated heterocycles. The van der Waals surface area contributed by atoms with Crippen molar-refractivity contribution in [3.8, 4) is 34.0 Å². The second-order valence-electron chi connectivity index (χ2n) is 7.89. The lowest BCUT2D eigenvalue weighted by Gasteiger charge is -2.13. The summed E-state index contributed by atoms with van der Waals surface area (Å²) >= 11 is 0.917. The van der Waals surface area contributed by atoms with E-state index in [1.807, 2.05) is 48.5 Å². The molecule has 1 N–H and O–H groups in total. The quantitative estimate of drug-likeness (QED) is 0.362. The molecule has 2 heterocycles. The Hall–Kier alpha value is -4.44. The van der Waals surface area contributed by atoms with Crippen LogP contribution in [-0.2, 0) is 11.3 Å². The number of rotatable bonds is 7. The molecule has 1 aliphatic heterocycles. The van der Waals surface area contributed by atoms with Crippen LogP contribution in [0.4, 0.5) is 4.79 Å². The van der Waals surface area contributed by atoms with Gasteiger partial charge in [0.15, 0.2) is 0 Å². The van der Waals surface area contributed by atoms with E-state index in [0.717, 1.165) is 34.0 Å². The first-order chi connectivity index (χ1) is 17.6. The van der Waals surface area contributed by atoms with E-state index in [9.17, 15) is 9.59 Å². The van der Waals surface area contributed by atoms with Gasteiger partial charge in [-0.2, -0.15) is 5.21 Å². The van der Waals surface area contributed by atoms with Crippen LogP contribution in [0.5, 0.6) is 11.5 Å². The Bertz CT molecular complexity index is 1430. The number of hydrogen-bond donors (Lipinski definition) is 1. The maximum absolute atomic E-state index is 13.0. The van der Waals surface area contributed by atoms with Crippen molar-refractivity contribution in [3.05, 3.63) is 82.8 Å². The van der Waals surface area contributed by atoms with E-state index in [-0.39, 0.29) is 17.7 Å². The topological polar surface area (TPSA) is 110 Å². The third-order valence-electron chi connectivity index (χ3n) is 5.66. The maximum Gasteiger partial charge on any atom is 0.293 e. The molecule has 1 aliphatic rings. The number of ether oxygens (including phenoxy) is 2. The number of aromatic amines is 1. The lowest BCUT2D eigenvalue weighted by Crippen LogP contribution is -2.27. The van der Waals surface area contributed by atoms with Gasteiger partial charge in [0.25, 0.3) is 11.1 Å². The summed E-state index contributed by atoms with van der Waals surface area (Å²) in [6.07, 6.45) is 1.67. The van der Waals surface area contributed by atoms with Gasteiger partial charge in [-0.3, -0.25) is 14.5 Å². The van der Waals surface area contributed by atoms with Crippen molar-refractivity contribution in [2.24, 2.45) is 0 Å². The molecule has 0 spiro atoms. The normalized spacial score (nSPS) is 14.5. The molecular weight excluding hydrogens is 478 g/mol. The van der Waals surface area contributed by atoms with Crippen LogP contribution in [0.2, 0.25) is 0 Å². The summed E-state index contributed by atoms with van der Waals surface area (Å²) in [5.41, 5.74) is 4.31. The van der Waals surface area contributed by atoms with E-state index in [1.54, 1.807) is 38.5 Å². The molecule has 0 aliphatic carbocycles. The summed E-state index contributed by atoms with van der Waals surface area (Å²) < 4.78 is 10.6. The standard InChI is InChI=1S/C26H21N5O4S/c1-34-19-11-17(12-20(14-19)35-2)13-23-25(32)31(26(33)36-23)15-16-7-9-18(10-8-16)21-5-3-4-6-22(21)24-27-29-30-28-24/h3-14H,15H2,1-2H3,(H,27,28,29,30)/b23-13-. The number of methoxy groups -OCH3 is 2. The van der Waals surface area contributed by atoms with Crippen molar-refractivity contribution in [1.82, 2.24) is 25.5 Å². The van der Waals surface area contributed by atoms with Gasteiger partial charge in [-0.15, -0.1) is 10.2 Å². The average molecular weight is 500 g/mol. The summed E-state index contributed by atoms with van der Waals surface area (Å²) in [5.74, 6) is 1.37. The van der Waals surface area contributed by atoms with Crippen LogP contribution >= 0.6 is 11.8 Å². The zero-order valence-corrected chi connectivity index (χ0v) is 20.3. The van der Waals surface area contributed by atoms with E-state index >= 15 is 0 Å². The van der Waals surface area contributed by atoms with Crippen LogP contribution in [0.25, 0.3) is 28.6 Å². The number of amides is 2. The highest BCUT2D eigenvalue weighted by atomic mass is 32.2. The fourth-order valence-electron chi connectivity index (χ4n) is 3.88. The second kappa shape index (κ2) is 10.0. The van der Waals surface area contributed by atoms with E-state index in [1.165, 1.54) is 4.90 Å². The van der Waals surface area contributed by atoms with Crippen molar-refractivity contribution >= 4 is 29.0 Å². The van der Waals surface area contributed by atoms with E-state index in [2.05, 4.69) is 20.6 Å². The number of benzene rings is 3. The zero-order chi connectivity index (χ0) is 25.1. The smallest absolute Gasteiger partial charge is 0.293 e. The van der Waals surface area contributed by atoms with Gasteiger partial charge in [0, 0.05) is 11.6 Å². The number of carbonyl (C=O) groups is 2. The van der Waals surface area contributed by atoms with Gasteiger partial charge in [0.1, 0.15) is 11.5 Å². The molecule has 180 valence electrons. The molecular formula is C26H21N5O4S. The van der Waals surface area contributed by atoms with Crippen molar-refractivity contribution in [3.63, 3.8) is 0 Å². The Morgan fingerprint density at radius 3 is 2.28 bits per heavy atom. The third-order valence-corrected chi connectivity index (χ3v) is 6.57. The van der Waals surface area contributed by atoms with Crippen molar-refractivity contribution in [1.29, 1.82) is 0 Å². The number of nitrogens with zero attached hydrogens (tertiary/aromatic N) is 4. The van der Waals surface area contributed by atoms with Crippen molar-refractivity contribution in [2.75, 3.05) is 14.2 Å². The minimum Gasteiger partial charge on any atom is -0.497 e. The molecule has 10 heteroatoms. The van der Waals surface area contributed by atoms with E-state index in [0.29, 0.717) is 27.8 Å². The van der Waals surface area contributed by atoms with Crippen LogP contribution in [0.3, 0.4) is 0 Å². The molecule has 0 saturated carbocycles. The molecule has 9 nitrogen and oxygen atoms in total. The summed E-state index contributed by atoms with van der Waals surface area (Å²) in [5, 5.41) is 14.0. The molecule has 5 rings (SSSR count). The van der Waals surface area contributed by atoms with Crippen LogP contribution in [0.1, 0.15) is 11.1 Å². The predicted octanol–water partition coefficient (Wildman–Crippen LogP) is 4.79. The van der Waals surface area contributed by atoms with E-state index in [4.69, 9.17) is 9.47 Å². The highest BCUT2D eigenvalue weighted by molar-refractivity contribution is 8.18. The zero-order valence-electron chi connectivity index (χ0n) is 19.5. The monoisotopic (exact) mass is 499 g/mol. The fraction of sp³-hybridized carbons (Fsp3) is 0.115. The average Bonchev–Trinajstić information content (AvgIpc) is 3.54. The highest BCUT2D eigenvalue weighted by Gasteiger charge is 2.35. The van der Waals surface area contributed by atoms with Crippen molar-refractivity contribution in [2.45, 2.75) is 6.54 Å². The lowest BCUT2D eigenvalue weighted by atomic mass is 9.98. The molecule has 2 amide bonds. The Kier molecular flexibility index (Phi) is 6.50. The number of carbonyl (C=O) groups excluding carboxylic acids is 2. The third kappa shape index (κ3) is 4.71. The molecule has 1 fully saturated rings. The number of imide groups is 1. The van der Waals surface area contributed by atoms with Gasteiger partial charge in [-0.25, -0.2) is 0 Å². The summed E-state index contributed by atoms with van der Waals surface area (Å²) in [6.45, 7) is 0.177. The van der Waals surface area contributed by atoms with Gasteiger partial charge in [0.05, 0.1) is 25.7 Å². The first-order valence-corrected chi connectivity index (χ1v) is 11.8. The number of thioether (sulfide) groups is 1. The first-order valence-electron chi connectivity index (χ1n) is 11.0. The molecule has 0 unspecified atom stereocenters. The number of nitrogens with one attached hydrogen (secondary N) is 1. The van der Waals surface area contributed by atoms with Crippen LogP contribution < -0.4 is 9.47 Å². The molecule has 36 heavy (non-hydrogen) atoms. The molecule has 3 aromatic carbocycles. The van der Waals surface area contributed by atoms with Crippen LogP contribution in [0, 0.1) is 0 Å². The Balaban J connectivity index is 1.35. The maximum atomic E-state index is 13.0. The van der Waals surface area contributed by atoms with Gasteiger partial charge in [-0.1, -0.05) is 48.5 Å². The molecule has 0 atom stereocenters. The van der Waals surface area contributed by atoms with Crippen LogP contribution in [0.15, 0.2) is 71.6 Å². The van der Waals surface area contributed by atoms with E-state index < -0.39 is 0 Å². The highest BCUT2D eigenvalue weighted by Crippen LogP contribution is 2.35. The van der Waals surface area contributed by atoms with Crippen molar-refractivity contribution < 1.29 is 19.1 Å². The van der Waals surface area contributed by atoms with Gasteiger partial charge >= 0.3 is 0 Å². The summed E-state index contributed by atoms with van der Waals surface area (Å²) in [6, 6.07) is 20.8. The van der Waals surface area contributed by atoms with Gasteiger partial charge < -0.3 is 9.47 Å². The minimum atomic E-state index is -0.335. The fourth-order valence-corrected chi connectivity index (χ4v) is 4.72. The SMILES string of the molecule is COc1cc(/C=C2\SC(=O)N(Cc3ccc(-c4ccccc4-c4nn[nH]n4)cc3)C2=O)cc(OC)c1. The molecule has 0 bridgehead atoms. The predicted molar refractivity (Wildman–Crippen MR) is 136 cm³/mol. The number of H-pyrrole nitrogens is 1. The van der Waals surface area contributed by atoms with Gasteiger partial charge in [0.2, 0.25) is 5.82 Å². The molecule has 1 aromatic heterocycles. The van der Waals surface area contributed by atoms with Gasteiger partial charge in [-0.05, 0) is 57.4 Å². The Morgan fingerprint density at radius 1 is 0.944 bits per heavy atom. The summed E-state index contributed by atoms with van der Waals surface area (Å²) in [4.78, 5) is 27.3. The minimum absolute atomic E-state index is 0.177. The number of hydrogen-bond acceptors (Lipinski definition) is 8. The second-order valence-corrected chi connectivity index (χ2v) is 8.88. The number of tetrazole rings is 1. The summed E-state index contributed by atoms with van der Waals surface area (Å²) in [7, 11) is 3.11. The molecule has 4 aromatic rings. The Morgan fingerprint density at radius 2 is 1.64 bits per heavy atom. The molecule has 0 radical (unpaired) electrons. The Labute approximate surface area is 211 Å². The first kappa shape index (κ1) is 23.3. The van der Waals surface area contributed by atoms with Crippen LogP contribution in [-0.4, -0.2) is 50.9 Å². The number of aromatic nitrogens is 4. The lowest BCUT2D eigenvalue weighted by molar-refractivity contribution is -0.123. The largest absolute Gasteiger partial charge is 0.497 e.